The van der Waals surface area contributed by atoms with Crippen molar-refractivity contribution in [2.75, 3.05) is 18.0 Å². The average molecular weight is 341 g/mol. The molecule has 0 aromatic heterocycles. The number of nitrogens with zero attached hydrogens (tertiary/aromatic N) is 1. The Kier molecular flexibility index (Phi) is 7.30. The molecule has 2 amide bonds. The zero-order valence-corrected chi connectivity index (χ0v) is 13.6. The Labute approximate surface area is 128 Å². The van der Waals surface area contributed by atoms with Crippen LogP contribution in [0.2, 0.25) is 0 Å². The predicted octanol–water partition coefficient (Wildman–Crippen LogP) is 3.11. The summed E-state index contributed by atoms with van der Waals surface area (Å²) in [5.41, 5.74) is 0.807. The van der Waals surface area contributed by atoms with Crippen molar-refractivity contribution in [3.63, 3.8) is 0 Å². The Morgan fingerprint density at radius 2 is 1.90 bits per heavy atom. The third kappa shape index (κ3) is 5.74. The molecule has 0 heterocycles. The standard InChI is InChI=1S/C15H21BrN2O2/c1-3-4-10-17-15(20)9-11-18(12(2)19)14-7-5-13(16)6-8-14/h5-8H,3-4,9-11H2,1-2H3,(H,17,20). The van der Waals surface area contributed by atoms with Gasteiger partial charge in [0, 0.05) is 36.6 Å². The molecule has 0 bridgehead atoms. The molecule has 4 nitrogen and oxygen atoms in total. The van der Waals surface area contributed by atoms with Gasteiger partial charge < -0.3 is 10.2 Å². The Balaban J connectivity index is 2.54. The third-order valence-electron chi connectivity index (χ3n) is 2.93. The van der Waals surface area contributed by atoms with E-state index in [1.165, 1.54) is 6.92 Å². The first-order valence-corrected chi connectivity index (χ1v) is 7.64. The van der Waals surface area contributed by atoms with Crippen molar-refractivity contribution < 1.29 is 9.59 Å². The van der Waals surface area contributed by atoms with Gasteiger partial charge in [0.1, 0.15) is 0 Å². The van der Waals surface area contributed by atoms with Crippen molar-refractivity contribution in [1.82, 2.24) is 5.32 Å². The topological polar surface area (TPSA) is 49.4 Å². The summed E-state index contributed by atoms with van der Waals surface area (Å²) in [6, 6.07) is 7.49. The van der Waals surface area contributed by atoms with E-state index in [1.54, 1.807) is 4.90 Å². The zero-order valence-electron chi connectivity index (χ0n) is 12.0. The van der Waals surface area contributed by atoms with Crippen LogP contribution in [-0.2, 0) is 9.59 Å². The second-order valence-electron chi connectivity index (χ2n) is 4.60. The second-order valence-corrected chi connectivity index (χ2v) is 5.52. The lowest BCUT2D eigenvalue weighted by Gasteiger charge is -2.21. The van der Waals surface area contributed by atoms with Crippen LogP contribution in [0.1, 0.15) is 33.1 Å². The molecule has 110 valence electrons. The summed E-state index contributed by atoms with van der Waals surface area (Å²) in [4.78, 5) is 25.0. The first-order valence-electron chi connectivity index (χ1n) is 6.85. The van der Waals surface area contributed by atoms with E-state index in [0.29, 0.717) is 19.5 Å². The van der Waals surface area contributed by atoms with Crippen molar-refractivity contribution in [2.45, 2.75) is 33.1 Å². The number of unbranched alkanes of at least 4 members (excludes halogenated alkanes) is 1. The number of benzene rings is 1. The summed E-state index contributed by atoms with van der Waals surface area (Å²) in [7, 11) is 0. The van der Waals surface area contributed by atoms with Crippen LogP contribution >= 0.6 is 15.9 Å². The van der Waals surface area contributed by atoms with Crippen LogP contribution in [0.3, 0.4) is 0 Å². The fourth-order valence-electron chi connectivity index (χ4n) is 1.80. The highest BCUT2D eigenvalue weighted by molar-refractivity contribution is 9.10. The minimum absolute atomic E-state index is 0.0122. The molecule has 0 aliphatic carbocycles. The van der Waals surface area contributed by atoms with Gasteiger partial charge in [-0.15, -0.1) is 0 Å². The highest BCUT2D eigenvalue weighted by Crippen LogP contribution is 2.18. The summed E-state index contributed by atoms with van der Waals surface area (Å²) < 4.78 is 0.960. The molecule has 0 saturated carbocycles. The van der Waals surface area contributed by atoms with Gasteiger partial charge in [0.2, 0.25) is 11.8 Å². The van der Waals surface area contributed by atoms with E-state index in [9.17, 15) is 9.59 Å². The Morgan fingerprint density at radius 1 is 1.25 bits per heavy atom. The van der Waals surface area contributed by atoms with Gasteiger partial charge in [0.05, 0.1) is 0 Å². The summed E-state index contributed by atoms with van der Waals surface area (Å²) in [5.74, 6) is -0.0736. The molecule has 0 unspecified atom stereocenters. The molecule has 0 aliphatic heterocycles. The highest BCUT2D eigenvalue weighted by Gasteiger charge is 2.13. The number of carbonyl (C=O) groups is 2. The van der Waals surface area contributed by atoms with Crippen LogP contribution in [0, 0.1) is 0 Å². The van der Waals surface area contributed by atoms with Gasteiger partial charge in [0.25, 0.3) is 0 Å². The van der Waals surface area contributed by atoms with E-state index in [1.807, 2.05) is 24.3 Å². The molecule has 0 aliphatic rings. The summed E-state index contributed by atoms with van der Waals surface area (Å²) in [5, 5.41) is 2.85. The van der Waals surface area contributed by atoms with Crippen molar-refractivity contribution in [3.05, 3.63) is 28.7 Å². The van der Waals surface area contributed by atoms with Gasteiger partial charge in [-0.25, -0.2) is 0 Å². The van der Waals surface area contributed by atoms with E-state index >= 15 is 0 Å². The molecule has 5 heteroatoms. The van der Waals surface area contributed by atoms with Crippen molar-refractivity contribution in [2.24, 2.45) is 0 Å². The van der Waals surface area contributed by atoms with Crippen molar-refractivity contribution in [1.29, 1.82) is 0 Å². The molecule has 0 atom stereocenters. The Morgan fingerprint density at radius 3 is 2.45 bits per heavy atom. The summed E-state index contributed by atoms with van der Waals surface area (Å²) in [6.45, 7) is 4.69. The second kappa shape index (κ2) is 8.74. The molecular weight excluding hydrogens is 320 g/mol. The predicted molar refractivity (Wildman–Crippen MR) is 84.7 cm³/mol. The van der Waals surface area contributed by atoms with Gasteiger partial charge in [-0.3, -0.25) is 9.59 Å². The molecule has 0 radical (unpaired) electrons. The van der Waals surface area contributed by atoms with E-state index in [2.05, 4.69) is 28.2 Å². The number of hydrogen-bond acceptors (Lipinski definition) is 2. The lowest BCUT2D eigenvalue weighted by atomic mass is 10.2. The molecule has 0 saturated heterocycles. The zero-order chi connectivity index (χ0) is 15.0. The summed E-state index contributed by atoms with van der Waals surface area (Å²) >= 11 is 3.36. The van der Waals surface area contributed by atoms with E-state index in [0.717, 1.165) is 23.0 Å². The van der Waals surface area contributed by atoms with Crippen LogP contribution in [0.15, 0.2) is 28.7 Å². The molecular formula is C15H21BrN2O2. The molecule has 0 fully saturated rings. The van der Waals surface area contributed by atoms with Gasteiger partial charge in [-0.1, -0.05) is 29.3 Å². The third-order valence-corrected chi connectivity index (χ3v) is 3.46. The van der Waals surface area contributed by atoms with E-state index in [4.69, 9.17) is 0 Å². The van der Waals surface area contributed by atoms with Crippen molar-refractivity contribution in [3.8, 4) is 0 Å². The lowest BCUT2D eigenvalue weighted by molar-refractivity contribution is -0.121. The van der Waals surface area contributed by atoms with Crippen molar-refractivity contribution >= 4 is 33.4 Å². The molecule has 1 rings (SSSR count). The maximum atomic E-state index is 11.7. The molecule has 1 aromatic rings. The van der Waals surface area contributed by atoms with E-state index in [-0.39, 0.29) is 11.8 Å². The molecule has 0 spiro atoms. The van der Waals surface area contributed by atoms with Crippen LogP contribution in [0.25, 0.3) is 0 Å². The van der Waals surface area contributed by atoms with Crippen LogP contribution in [0.4, 0.5) is 5.69 Å². The average Bonchev–Trinajstić information content (AvgIpc) is 2.41. The molecule has 20 heavy (non-hydrogen) atoms. The normalized spacial score (nSPS) is 10.2. The largest absolute Gasteiger partial charge is 0.356 e. The van der Waals surface area contributed by atoms with Gasteiger partial charge in [0.15, 0.2) is 0 Å². The fraction of sp³-hybridized carbons (Fsp3) is 0.467. The van der Waals surface area contributed by atoms with Crippen LogP contribution < -0.4 is 10.2 Å². The number of amides is 2. The number of rotatable bonds is 7. The molecule has 1 aromatic carbocycles. The minimum atomic E-state index is -0.0614. The first kappa shape index (κ1) is 16.7. The Hall–Kier alpha value is -1.36. The number of carbonyl (C=O) groups excluding carboxylic acids is 2. The monoisotopic (exact) mass is 340 g/mol. The van der Waals surface area contributed by atoms with Gasteiger partial charge in [-0.2, -0.15) is 0 Å². The maximum absolute atomic E-state index is 11.7. The van der Waals surface area contributed by atoms with E-state index < -0.39 is 0 Å². The number of hydrogen-bond donors (Lipinski definition) is 1. The highest BCUT2D eigenvalue weighted by atomic mass is 79.9. The van der Waals surface area contributed by atoms with Gasteiger partial charge >= 0.3 is 0 Å². The number of nitrogens with one attached hydrogen (secondary N) is 1. The first-order chi connectivity index (χ1) is 9.54. The number of halogens is 1. The SMILES string of the molecule is CCCCNC(=O)CCN(C(C)=O)c1ccc(Br)cc1. The smallest absolute Gasteiger partial charge is 0.223 e. The van der Waals surface area contributed by atoms with Crippen LogP contribution in [-0.4, -0.2) is 24.9 Å². The minimum Gasteiger partial charge on any atom is -0.356 e. The quantitative estimate of drug-likeness (QED) is 0.775. The Bertz CT molecular complexity index is 446. The molecule has 1 N–H and O–H groups in total. The fourth-order valence-corrected chi connectivity index (χ4v) is 2.06. The van der Waals surface area contributed by atoms with Gasteiger partial charge in [-0.05, 0) is 30.7 Å². The lowest BCUT2D eigenvalue weighted by Crippen LogP contribution is -2.34. The van der Waals surface area contributed by atoms with Crippen LogP contribution in [0.5, 0.6) is 0 Å². The number of anilines is 1. The maximum Gasteiger partial charge on any atom is 0.223 e. The summed E-state index contributed by atoms with van der Waals surface area (Å²) in [6.07, 6.45) is 2.35.